The summed E-state index contributed by atoms with van der Waals surface area (Å²) in [6.45, 7) is 1.01. The number of nitrogens with zero attached hydrogens (tertiary/aromatic N) is 3. The maximum absolute atomic E-state index is 12.1. The van der Waals surface area contributed by atoms with Gasteiger partial charge in [-0.1, -0.05) is 0 Å². The monoisotopic (exact) mass is 292 g/mol. The molecule has 0 spiro atoms. The maximum atomic E-state index is 12.1. The lowest BCUT2D eigenvalue weighted by Crippen LogP contribution is -2.37. The van der Waals surface area contributed by atoms with Crippen LogP contribution in [0.15, 0.2) is 24.3 Å². The van der Waals surface area contributed by atoms with Crippen LogP contribution in [0, 0.1) is 21.4 Å². The van der Waals surface area contributed by atoms with Crippen LogP contribution in [-0.2, 0) is 4.74 Å². The molecule has 0 radical (unpaired) electrons. The fourth-order valence-corrected chi connectivity index (χ4v) is 1.57. The number of methoxy groups -OCH3 is 1. The molecule has 8 nitrogen and oxygen atoms in total. The van der Waals surface area contributed by atoms with Gasteiger partial charge in [-0.25, -0.2) is 4.79 Å². The van der Waals surface area contributed by atoms with Crippen molar-refractivity contribution in [2.24, 2.45) is 0 Å². The van der Waals surface area contributed by atoms with Gasteiger partial charge < -0.3 is 15.0 Å². The Morgan fingerprint density at radius 2 is 2.10 bits per heavy atom. The SMILES string of the molecule is COCCN(CCC#N)C(=O)Nc1ccc([N+](=O)[O-])cc1. The van der Waals surface area contributed by atoms with E-state index in [0.29, 0.717) is 25.4 Å². The topological polar surface area (TPSA) is 108 Å². The zero-order valence-electron chi connectivity index (χ0n) is 11.6. The van der Waals surface area contributed by atoms with E-state index >= 15 is 0 Å². The number of ether oxygens (including phenoxy) is 1. The molecule has 0 atom stereocenters. The summed E-state index contributed by atoms with van der Waals surface area (Å²) in [5, 5.41) is 21.8. The van der Waals surface area contributed by atoms with Crippen molar-refractivity contribution in [2.45, 2.75) is 6.42 Å². The first-order valence-corrected chi connectivity index (χ1v) is 6.24. The minimum atomic E-state index is -0.511. The molecule has 0 aliphatic rings. The van der Waals surface area contributed by atoms with Gasteiger partial charge in [0.1, 0.15) is 0 Å². The summed E-state index contributed by atoms with van der Waals surface area (Å²) in [7, 11) is 1.52. The van der Waals surface area contributed by atoms with Crippen molar-refractivity contribution < 1.29 is 14.5 Å². The molecule has 0 fully saturated rings. The van der Waals surface area contributed by atoms with Gasteiger partial charge in [-0.2, -0.15) is 5.26 Å². The first-order chi connectivity index (χ1) is 10.1. The molecule has 0 aliphatic heterocycles. The molecule has 0 saturated heterocycles. The van der Waals surface area contributed by atoms with Gasteiger partial charge in [0, 0.05) is 38.0 Å². The van der Waals surface area contributed by atoms with E-state index in [1.165, 1.54) is 36.3 Å². The number of rotatable bonds is 7. The van der Waals surface area contributed by atoms with Crippen LogP contribution in [0.4, 0.5) is 16.2 Å². The summed E-state index contributed by atoms with van der Waals surface area (Å²) in [5.74, 6) is 0. The molecule has 112 valence electrons. The molecular weight excluding hydrogens is 276 g/mol. The van der Waals surface area contributed by atoms with Gasteiger partial charge in [0.2, 0.25) is 0 Å². The molecule has 21 heavy (non-hydrogen) atoms. The van der Waals surface area contributed by atoms with Gasteiger partial charge >= 0.3 is 6.03 Å². The van der Waals surface area contributed by atoms with Gasteiger partial charge in [-0.3, -0.25) is 10.1 Å². The number of hydrogen-bond acceptors (Lipinski definition) is 5. The summed E-state index contributed by atoms with van der Waals surface area (Å²) in [6, 6.07) is 7.12. The molecule has 0 aromatic heterocycles. The van der Waals surface area contributed by atoms with Crippen LogP contribution in [0.25, 0.3) is 0 Å². The van der Waals surface area contributed by atoms with E-state index in [1.54, 1.807) is 0 Å². The van der Waals surface area contributed by atoms with Crippen molar-refractivity contribution in [3.8, 4) is 6.07 Å². The number of amides is 2. The fraction of sp³-hybridized carbons (Fsp3) is 0.385. The number of benzene rings is 1. The van der Waals surface area contributed by atoms with Gasteiger partial charge in [0.05, 0.1) is 24.0 Å². The van der Waals surface area contributed by atoms with Gasteiger partial charge in [0.25, 0.3) is 5.69 Å². The summed E-state index contributed by atoms with van der Waals surface area (Å²) < 4.78 is 4.92. The first-order valence-electron chi connectivity index (χ1n) is 6.24. The second kappa shape index (κ2) is 8.50. The summed E-state index contributed by atoms with van der Waals surface area (Å²) in [6.07, 6.45) is 0.220. The zero-order valence-corrected chi connectivity index (χ0v) is 11.6. The molecule has 1 rings (SSSR count). The number of urea groups is 1. The third kappa shape index (κ3) is 5.46. The van der Waals surface area contributed by atoms with E-state index in [0.717, 1.165) is 0 Å². The van der Waals surface area contributed by atoms with Crippen LogP contribution in [0.3, 0.4) is 0 Å². The van der Waals surface area contributed by atoms with E-state index in [-0.39, 0.29) is 18.1 Å². The third-order valence-corrected chi connectivity index (χ3v) is 2.68. The third-order valence-electron chi connectivity index (χ3n) is 2.68. The van der Waals surface area contributed by atoms with Crippen molar-refractivity contribution >= 4 is 17.4 Å². The van der Waals surface area contributed by atoms with Crippen LogP contribution < -0.4 is 5.32 Å². The van der Waals surface area contributed by atoms with E-state index in [4.69, 9.17) is 10.00 Å². The Labute approximate surface area is 122 Å². The first kappa shape index (κ1) is 16.4. The number of carbonyl (C=O) groups excluding carboxylic acids is 1. The Hall–Kier alpha value is -2.66. The van der Waals surface area contributed by atoms with Crippen molar-refractivity contribution in [2.75, 3.05) is 32.1 Å². The minimum absolute atomic E-state index is 0.0475. The Morgan fingerprint density at radius 3 is 2.62 bits per heavy atom. The lowest BCUT2D eigenvalue weighted by Gasteiger charge is -2.21. The fourth-order valence-electron chi connectivity index (χ4n) is 1.57. The van der Waals surface area contributed by atoms with Gasteiger partial charge in [-0.05, 0) is 12.1 Å². The largest absolute Gasteiger partial charge is 0.383 e. The summed E-state index contributed by atoms with van der Waals surface area (Å²) >= 11 is 0. The van der Waals surface area contributed by atoms with Crippen molar-refractivity contribution in [3.05, 3.63) is 34.4 Å². The number of nitro groups is 1. The molecule has 0 unspecified atom stereocenters. The highest BCUT2D eigenvalue weighted by Gasteiger charge is 2.13. The molecule has 0 bridgehead atoms. The number of nitriles is 1. The Morgan fingerprint density at radius 1 is 1.43 bits per heavy atom. The quantitative estimate of drug-likeness (QED) is 0.610. The Kier molecular flexibility index (Phi) is 6.63. The molecule has 8 heteroatoms. The van der Waals surface area contributed by atoms with Crippen molar-refractivity contribution in [3.63, 3.8) is 0 Å². The van der Waals surface area contributed by atoms with Gasteiger partial charge in [-0.15, -0.1) is 0 Å². The number of hydrogen-bond donors (Lipinski definition) is 1. The Bertz CT molecular complexity index is 524. The predicted molar refractivity (Wildman–Crippen MR) is 75.8 cm³/mol. The van der Waals surface area contributed by atoms with E-state index in [1.807, 2.05) is 6.07 Å². The van der Waals surface area contributed by atoms with Crippen LogP contribution in [0.2, 0.25) is 0 Å². The van der Waals surface area contributed by atoms with E-state index < -0.39 is 4.92 Å². The van der Waals surface area contributed by atoms with Crippen LogP contribution in [0.5, 0.6) is 0 Å². The van der Waals surface area contributed by atoms with Crippen molar-refractivity contribution in [1.29, 1.82) is 5.26 Å². The Balaban J connectivity index is 2.66. The normalized spacial score (nSPS) is 9.71. The van der Waals surface area contributed by atoms with Crippen LogP contribution >= 0.6 is 0 Å². The lowest BCUT2D eigenvalue weighted by molar-refractivity contribution is -0.384. The van der Waals surface area contributed by atoms with Crippen LogP contribution in [0.1, 0.15) is 6.42 Å². The smallest absolute Gasteiger partial charge is 0.321 e. The highest BCUT2D eigenvalue weighted by molar-refractivity contribution is 5.89. The number of non-ortho nitro benzene ring substituents is 1. The van der Waals surface area contributed by atoms with Crippen LogP contribution in [-0.4, -0.2) is 42.7 Å². The minimum Gasteiger partial charge on any atom is -0.383 e. The molecule has 0 saturated carbocycles. The standard InChI is InChI=1S/C13H16N4O4/c1-21-10-9-16(8-2-7-14)13(18)15-11-3-5-12(6-4-11)17(19)20/h3-6H,2,8-10H2,1H3,(H,15,18). The molecule has 0 heterocycles. The second-order valence-electron chi connectivity index (χ2n) is 4.12. The number of nitrogens with one attached hydrogen (secondary N) is 1. The molecule has 1 aromatic carbocycles. The van der Waals surface area contributed by atoms with E-state index in [9.17, 15) is 14.9 Å². The molecular formula is C13H16N4O4. The molecule has 2 amide bonds. The average molecular weight is 292 g/mol. The van der Waals surface area contributed by atoms with E-state index in [2.05, 4.69) is 5.32 Å². The molecule has 1 aromatic rings. The molecule has 0 aliphatic carbocycles. The van der Waals surface area contributed by atoms with Gasteiger partial charge in [0.15, 0.2) is 0 Å². The predicted octanol–water partition coefficient (Wildman–Crippen LogP) is 1.99. The summed E-state index contributed by atoms with van der Waals surface area (Å²) in [4.78, 5) is 23.5. The second-order valence-corrected chi connectivity index (χ2v) is 4.12. The average Bonchev–Trinajstić information content (AvgIpc) is 2.47. The molecule has 1 N–H and O–H groups in total. The lowest BCUT2D eigenvalue weighted by atomic mass is 10.3. The number of nitro benzene ring substituents is 1. The maximum Gasteiger partial charge on any atom is 0.321 e. The number of carbonyl (C=O) groups is 1. The highest BCUT2D eigenvalue weighted by atomic mass is 16.6. The van der Waals surface area contributed by atoms with Crippen molar-refractivity contribution in [1.82, 2.24) is 4.90 Å². The highest BCUT2D eigenvalue weighted by Crippen LogP contribution is 2.15. The zero-order chi connectivity index (χ0) is 15.7. The number of anilines is 1. The summed E-state index contributed by atoms with van der Waals surface area (Å²) in [5.41, 5.74) is 0.402.